The minimum atomic E-state index is -1.15. The van der Waals surface area contributed by atoms with Crippen LogP contribution < -0.4 is 5.73 Å². The van der Waals surface area contributed by atoms with Gasteiger partial charge in [-0.3, -0.25) is 4.21 Å². The van der Waals surface area contributed by atoms with Gasteiger partial charge in [0.15, 0.2) is 0 Å². The molecule has 0 saturated heterocycles. The van der Waals surface area contributed by atoms with Gasteiger partial charge in [0.05, 0.1) is 10.8 Å². The summed E-state index contributed by atoms with van der Waals surface area (Å²) in [5, 5.41) is 0. The zero-order valence-corrected chi connectivity index (χ0v) is 9.81. The molecule has 0 radical (unpaired) electrons. The van der Waals surface area contributed by atoms with Crippen LogP contribution in [-0.2, 0) is 10.8 Å². The van der Waals surface area contributed by atoms with E-state index in [-0.39, 0.29) is 0 Å². The number of halogens is 1. The average molecular weight is 229 g/mol. The number of rotatable bonds is 4. The van der Waals surface area contributed by atoms with Gasteiger partial charge >= 0.3 is 0 Å². The number of anilines is 1. The van der Waals surface area contributed by atoms with E-state index in [0.29, 0.717) is 22.3 Å². The molecule has 1 aromatic rings. The highest BCUT2D eigenvalue weighted by molar-refractivity contribution is 7.85. The van der Waals surface area contributed by atoms with Crippen molar-refractivity contribution in [2.75, 3.05) is 11.5 Å². The predicted octanol–water partition coefficient (Wildman–Crippen LogP) is 2.56. The third-order valence-electron chi connectivity index (χ3n) is 2.29. The van der Waals surface area contributed by atoms with Crippen LogP contribution in [0.2, 0.25) is 0 Å². The smallest absolute Gasteiger partial charge is 0.126 e. The molecule has 1 rings (SSSR count). The molecule has 2 N–H and O–H groups in total. The van der Waals surface area contributed by atoms with Crippen LogP contribution >= 0.6 is 0 Å². The Morgan fingerprint density at radius 1 is 1.47 bits per heavy atom. The van der Waals surface area contributed by atoms with E-state index in [1.807, 2.05) is 13.8 Å². The summed E-state index contributed by atoms with van der Waals surface area (Å²) >= 11 is 0. The highest BCUT2D eigenvalue weighted by Crippen LogP contribution is 2.16. The first-order valence-corrected chi connectivity index (χ1v) is 6.29. The van der Waals surface area contributed by atoms with E-state index in [4.69, 9.17) is 5.73 Å². The standard InChI is InChI=1S/C11H16FNOS/c1-3-8(2)7-15(14)11-5-9(12)4-10(13)6-11/h4-6,8H,3,7,13H2,1-2H3. The van der Waals surface area contributed by atoms with E-state index in [2.05, 4.69) is 0 Å². The lowest BCUT2D eigenvalue weighted by Crippen LogP contribution is -2.07. The summed E-state index contributed by atoms with van der Waals surface area (Å²) in [4.78, 5) is 0.479. The summed E-state index contributed by atoms with van der Waals surface area (Å²) in [6.45, 7) is 4.07. The van der Waals surface area contributed by atoms with Crippen molar-refractivity contribution in [3.63, 3.8) is 0 Å². The maximum atomic E-state index is 13.0. The normalized spacial score (nSPS) is 14.9. The van der Waals surface area contributed by atoms with E-state index in [1.165, 1.54) is 12.1 Å². The topological polar surface area (TPSA) is 43.1 Å². The fourth-order valence-corrected chi connectivity index (χ4v) is 2.64. The molecule has 15 heavy (non-hydrogen) atoms. The number of nitrogen functional groups attached to an aromatic ring is 1. The van der Waals surface area contributed by atoms with Crippen molar-refractivity contribution in [1.29, 1.82) is 0 Å². The molecule has 4 heteroatoms. The summed E-state index contributed by atoms with van der Waals surface area (Å²) in [6, 6.07) is 4.08. The Labute approximate surface area is 92.1 Å². The molecule has 0 aliphatic rings. The average Bonchev–Trinajstić information content (AvgIpc) is 2.16. The maximum Gasteiger partial charge on any atom is 0.126 e. The van der Waals surface area contributed by atoms with Crippen molar-refractivity contribution in [3.05, 3.63) is 24.0 Å². The van der Waals surface area contributed by atoms with Crippen molar-refractivity contribution in [1.82, 2.24) is 0 Å². The van der Waals surface area contributed by atoms with Crippen LogP contribution in [0.3, 0.4) is 0 Å². The quantitative estimate of drug-likeness (QED) is 0.806. The SMILES string of the molecule is CCC(C)CS(=O)c1cc(N)cc(F)c1. The molecule has 84 valence electrons. The van der Waals surface area contributed by atoms with Gasteiger partial charge in [-0.2, -0.15) is 0 Å². The van der Waals surface area contributed by atoms with Crippen LogP contribution in [0.1, 0.15) is 20.3 Å². The van der Waals surface area contributed by atoms with Gasteiger partial charge < -0.3 is 5.73 Å². The number of hydrogen-bond donors (Lipinski definition) is 1. The Hall–Kier alpha value is -0.900. The minimum absolute atomic E-state index is 0.322. The van der Waals surface area contributed by atoms with Gasteiger partial charge in [0, 0.05) is 16.3 Å². The molecule has 0 heterocycles. The second-order valence-electron chi connectivity index (χ2n) is 3.75. The van der Waals surface area contributed by atoms with Crippen molar-refractivity contribution < 1.29 is 8.60 Å². The molecular formula is C11H16FNOS. The number of hydrogen-bond acceptors (Lipinski definition) is 2. The molecular weight excluding hydrogens is 213 g/mol. The van der Waals surface area contributed by atoms with Gasteiger partial charge in [-0.15, -0.1) is 0 Å². The van der Waals surface area contributed by atoms with Crippen LogP contribution in [0.5, 0.6) is 0 Å². The van der Waals surface area contributed by atoms with Gasteiger partial charge in [0.25, 0.3) is 0 Å². The predicted molar refractivity (Wildman–Crippen MR) is 61.5 cm³/mol. The molecule has 0 aliphatic heterocycles. The summed E-state index contributed by atoms with van der Waals surface area (Å²) < 4.78 is 24.8. The van der Waals surface area contributed by atoms with Crippen molar-refractivity contribution in [2.45, 2.75) is 25.2 Å². The van der Waals surface area contributed by atoms with Crippen LogP contribution in [0.15, 0.2) is 23.1 Å². The molecule has 2 atom stereocenters. The molecule has 0 fully saturated rings. The second-order valence-corrected chi connectivity index (χ2v) is 5.24. The Morgan fingerprint density at radius 2 is 2.13 bits per heavy atom. The minimum Gasteiger partial charge on any atom is -0.399 e. The van der Waals surface area contributed by atoms with E-state index < -0.39 is 16.6 Å². The fraction of sp³-hybridized carbons (Fsp3) is 0.455. The molecule has 2 nitrogen and oxygen atoms in total. The summed E-state index contributed by atoms with van der Waals surface area (Å²) in [6.07, 6.45) is 0.969. The van der Waals surface area contributed by atoms with Gasteiger partial charge in [-0.1, -0.05) is 20.3 Å². The monoisotopic (exact) mass is 229 g/mol. The second kappa shape index (κ2) is 5.26. The third kappa shape index (κ3) is 3.63. The van der Waals surface area contributed by atoms with Gasteiger partial charge in [-0.05, 0) is 24.1 Å². The first-order chi connectivity index (χ1) is 7.02. The molecule has 0 saturated carbocycles. The van der Waals surface area contributed by atoms with E-state index in [0.717, 1.165) is 6.42 Å². The van der Waals surface area contributed by atoms with E-state index in [9.17, 15) is 8.60 Å². The maximum absolute atomic E-state index is 13.0. The first kappa shape index (κ1) is 12.2. The first-order valence-electron chi connectivity index (χ1n) is 4.97. The largest absolute Gasteiger partial charge is 0.399 e. The van der Waals surface area contributed by atoms with Gasteiger partial charge in [0.1, 0.15) is 5.82 Å². The molecule has 0 aromatic heterocycles. The Kier molecular flexibility index (Phi) is 4.27. The summed E-state index contributed by atoms with van der Waals surface area (Å²) in [7, 11) is -1.15. The van der Waals surface area contributed by atoms with E-state index >= 15 is 0 Å². The fourth-order valence-electron chi connectivity index (χ4n) is 1.19. The van der Waals surface area contributed by atoms with Gasteiger partial charge in [-0.25, -0.2) is 4.39 Å². The molecule has 0 amide bonds. The zero-order valence-electron chi connectivity index (χ0n) is 9.00. The summed E-state index contributed by atoms with van der Waals surface area (Å²) in [5.74, 6) is 0.497. The van der Waals surface area contributed by atoms with Crippen molar-refractivity contribution in [3.8, 4) is 0 Å². The number of nitrogens with two attached hydrogens (primary N) is 1. The molecule has 0 aliphatic carbocycles. The molecule has 0 spiro atoms. The van der Waals surface area contributed by atoms with Crippen molar-refractivity contribution in [2.24, 2.45) is 5.92 Å². The molecule has 1 aromatic carbocycles. The lowest BCUT2D eigenvalue weighted by atomic mass is 10.2. The zero-order chi connectivity index (χ0) is 11.4. The number of benzene rings is 1. The van der Waals surface area contributed by atoms with Gasteiger partial charge in [0.2, 0.25) is 0 Å². The Balaban J connectivity index is 2.82. The molecule has 2 unspecified atom stereocenters. The lowest BCUT2D eigenvalue weighted by Gasteiger charge is -2.08. The van der Waals surface area contributed by atoms with E-state index in [1.54, 1.807) is 6.07 Å². The summed E-state index contributed by atoms with van der Waals surface area (Å²) in [5.41, 5.74) is 5.81. The molecule has 0 bridgehead atoms. The van der Waals surface area contributed by atoms with Crippen LogP contribution in [-0.4, -0.2) is 9.96 Å². The van der Waals surface area contributed by atoms with Crippen LogP contribution in [0, 0.1) is 11.7 Å². The lowest BCUT2D eigenvalue weighted by molar-refractivity contribution is 0.611. The Bertz CT molecular complexity index is 347. The highest BCUT2D eigenvalue weighted by atomic mass is 32.2. The van der Waals surface area contributed by atoms with Crippen LogP contribution in [0.25, 0.3) is 0 Å². The Morgan fingerprint density at radius 3 is 2.67 bits per heavy atom. The highest BCUT2D eigenvalue weighted by Gasteiger charge is 2.10. The third-order valence-corrected chi connectivity index (χ3v) is 3.92. The van der Waals surface area contributed by atoms with Crippen molar-refractivity contribution >= 4 is 16.5 Å². The van der Waals surface area contributed by atoms with Crippen LogP contribution in [0.4, 0.5) is 10.1 Å².